The third-order valence-corrected chi connectivity index (χ3v) is 6.04. The first kappa shape index (κ1) is 15.1. The maximum Gasteiger partial charge on any atom is 0.212 e. The number of aromatic nitrogens is 1. The number of aryl methyl sites for hydroxylation is 2. The summed E-state index contributed by atoms with van der Waals surface area (Å²) in [6, 6.07) is 10.7. The molecule has 2 aromatic rings. The Labute approximate surface area is 146 Å². The van der Waals surface area contributed by atoms with Gasteiger partial charge in [0, 0.05) is 19.9 Å². The van der Waals surface area contributed by atoms with Gasteiger partial charge in [0.25, 0.3) is 0 Å². The van der Waals surface area contributed by atoms with Crippen molar-refractivity contribution in [3.8, 4) is 11.3 Å². The molecule has 0 saturated heterocycles. The van der Waals surface area contributed by atoms with Gasteiger partial charge in [-0.15, -0.1) is 0 Å². The number of pyridine rings is 1. The van der Waals surface area contributed by atoms with Crippen molar-refractivity contribution in [1.29, 1.82) is 0 Å². The lowest BCUT2D eigenvalue weighted by Gasteiger charge is -2.25. The van der Waals surface area contributed by atoms with E-state index in [2.05, 4.69) is 61.5 Å². The van der Waals surface area contributed by atoms with E-state index in [0.717, 1.165) is 11.3 Å². The van der Waals surface area contributed by atoms with Crippen molar-refractivity contribution in [2.45, 2.75) is 53.7 Å². The van der Waals surface area contributed by atoms with Crippen LogP contribution in [0, 0.1) is 12.3 Å². The number of nitrogens with zero attached hydrogens (tertiary/aromatic N) is 1. The van der Waals surface area contributed by atoms with Crippen LogP contribution in [0.4, 0.5) is 0 Å². The molecule has 0 fully saturated rings. The van der Waals surface area contributed by atoms with Gasteiger partial charge in [-0.3, -0.25) is 0 Å². The van der Waals surface area contributed by atoms with Crippen LogP contribution in [-0.4, -0.2) is 8.07 Å². The predicted octanol–water partition coefficient (Wildman–Crippen LogP) is 4.62. The van der Waals surface area contributed by atoms with Gasteiger partial charge in [-0.25, -0.2) is 4.57 Å². The average Bonchev–Trinajstić information content (AvgIpc) is 2.45. The van der Waals surface area contributed by atoms with Crippen molar-refractivity contribution >= 4 is 13.3 Å². The largest absolute Gasteiger partial charge is 0.212 e. The van der Waals surface area contributed by atoms with E-state index in [0.29, 0.717) is 0 Å². The molecule has 2 heteroatoms. The van der Waals surface area contributed by atoms with Crippen molar-refractivity contribution in [3.63, 3.8) is 0 Å². The van der Waals surface area contributed by atoms with E-state index in [1.807, 2.05) is 34.0 Å². The van der Waals surface area contributed by atoms with E-state index in [-0.39, 0.29) is 0 Å². The molecule has 0 saturated carbocycles. The van der Waals surface area contributed by atoms with Gasteiger partial charge in [0.2, 0.25) is 5.69 Å². The number of benzene rings is 1. The molecule has 0 amide bonds. The lowest BCUT2D eigenvalue weighted by Crippen LogP contribution is -2.45. The van der Waals surface area contributed by atoms with Crippen molar-refractivity contribution < 1.29 is 7.31 Å². The minimum atomic E-state index is -1.72. The zero-order chi connectivity index (χ0) is 19.2. The van der Waals surface area contributed by atoms with Crippen LogP contribution in [0.25, 0.3) is 11.3 Å². The molecular weight excluding hydrogens is 294 g/mol. The molecule has 1 aromatic carbocycles. The van der Waals surface area contributed by atoms with Gasteiger partial charge >= 0.3 is 0 Å². The van der Waals surface area contributed by atoms with Gasteiger partial charge in [0.15, 0.2) is 6.20 Å². The van der Waals surface area contributed by atoms with Crippen LogP contribution in [0.15, 0.2) is 36.5 Å². The topological polar surface area (TPSA) is 3.88 Å². The Morgan fingerprint density at radius 3 is 2.26 bits per heavy atom. The molecular formula is C21H32NSi+. The van der Waals surface area contributed by atoms with Crippen molar-refractivity contribution in [2.24, 2.45) is 12.5 Å². The first-order valence-electron chi connectivity index (χ1n) is 9.37. The van der Waals surface area contributed by atoms with E-state index >= 15 is 0 Å². The lowest BCUT2D eigenvalue weighted by molar-refractivity contribution is -0.660. The van der Waals surface area contributed by atoms with E-state index in [1.165, 1.54) is 16.3 Å². The second-order valence-corrected chi connectivity index (χ2v) is 13.6. The molecule has 23 heavy (non-hydrogen) atoms. The second-order valence-electron chi connectivity index (χ2n) is 8.54. The van der Waals surface area contributed by atoms with E-state index < -0.39 is 19.9 Å². The Hall–Kier alpha value is -1.41. The fourth-order valence-corrected chi connectivity index (χ4v) is 4.41. The smallest absolute Gasteiger partial charge is 0.201 e. The molecule has 1 heterocycles. The second kappa shape index (κ2) is 6.24. The molecule has 2 rings (SSSR count). The van der Waals surface area contributed by atoms with Gasteiger partial charge < -0.3 is 0 Å². The molecule has 0 unspecified atom stereocenters. The standard InChI is InChI=1S/C21H32NSi/c1-16-11-9-10-12-18(16)19-13-20(23(6,7)8)17(15-22(19)5)14-21(2,3)4/h9-13,15H,14H2,1-8H3/q+1/i14D2. The third kappa shape index (κ3) is 4.32. The molecule has 0 aliphatic carbocycles. The molecule has 0 radical (unpaired) electrons. The summed E-state index contributed by atoms with van der Waals surface area (Å²) in [6.45, 7) is 15.0. The molecule has 0 N–H and O–H groups in total. The highest BCUT2D eigenvalue weighted by Gasteiger charge is 2.27. The molecule has 0 aliphatic heterocycles. The normalized spacial score (nSPS) is 14.4. The zero-order valence-corrected chi connectivity index (χ0v) is 16.9. The van der Waals surface area contributed by atoms with Crippen LogP contribution in [-0.2, 0) is 13.4 Å². The number of hydrogen-bond donors (Lipinski definition) is 0. The van der Waals surface area contributed by atoms with Crippen molar-refractivity contribution in [2.75, 3.05) is 0 Å². The summed E-state index contributed by atoms with van der Waals surface area (Å²) >= 11 is 0. The van der Waals surface area contributed by atoms with Crippen LogP contribution in [0.3, 0.4) is 0 Å². The first-order valence-corrected chi connectivity index (χ1v) is 11.9. The zero-order valence-electron chi connectivity index (χ0n) is 17.9. The van der Waals surface area contributed by atoms with Crippen LogP contribution in [0.1, 0.15) is 34.6 Å². The van der Waals surface area contributed by atoms with E-state index in [1.54, 1.807) is 0 Å². The summed E-state index contributed by atoms with van der Waals surface area (Å²) in [7, 11) is 0.301. The maximum absolute atomic E-state index is 8.83. The Morgan fingerprint density at radius 2 is 1.74 bits per heavy atom. The van der Waals surface area contributed by atoms with E-state index in [9.17, 15) is 0 Å². The van der Waals surface area contributed by atoms with Gasteiger partial charge in [-0.1, -0.05) is 58.6 Å². The van der Waals surface area contributed by atoms with Crippen LogP contribution in [0.5, 0.6) is 0 Å². The highest BCUT2D eigenvalue weighted by atomic mass is 28.3. The Morgan fingerprint density at radius 1 is 1.13 bits per heavy atom. The quantitative estimate of drug-likeness (QED) is 0.572. The van der Waals surface area contributed by atoms with E-state index in [4.69, 9.17) is 2.74 Å². The minimum Gasteiger partial charge on any atom is -0.201 e. The summed E-state index contributed by atoms with van der Waals surface area (Å²) in [5, 5.41) is 1.21. The molecule has 0 aliphatic rings. The molecule has 1 aromatic heterocycles. The fraction of sp³-hybridized carbons (Fsp3) is 0.476. The Kier molecular flexibility index (Phi) is 4.10. The summed E-state index contributed by atoms with van der Waals surface area (Å²) in [5.74, 6) is 0. The Bertz CT molecular complexity index is 783. The summed E-state index contributed by atoms with van der Waals surface area (Å²) in [4.78, 5) is 0. The predicted molar refractivity (Wildman–Crippen MR) is 104 cm³/mol. The van der Waals surface area contributed by atoms with Crippen molar-refractivity contribution in [3.05, 3.63) is 47.7 Å². The van der Waals surface area contributed by atoms with Gasteiger partial charge in [0.05, 0.1) is 8.07 Å². The molecule has 1 nitrogen and oxygen atoms in total. The highest BCUT2D eigenvalue weighted by molar-refractivity contribution is 6.89. The van der Waals surface area contributed by atoms with Gasteiger partial charge in [-0.05, 0) is 35.5 Å². The SMILES string of the molecule is [2H]C([2H])(c1c[n+](C)c(-c2ccccc2C)cc1[Si](C)(C)C)C(C)(C)C. The van der Waals surface area contributed by atoms with Crippen LogP contribution < -0.4 is 9.75 Å². The van der Waals surface area contributed by atoms with Gasteiger partial charge in [-0.2, -0.15) is 0 Å². The molecule has 0 spiro atoms. The van der Waals surface area contributed by atoms with Crippen molar-refractivity contribution in [1.82, 2.24) is 0 Å². The summed E-state index contributed by atoms with van der Waals surface area (Å²) < 4.78 is 19.7. The monoisotopic (exact) mass is 328 g/mol. The first-order chi connectivity index (χ1) is 11.3. The summed E-state index contributed by atoms with van der Waals surface area (Å²) in [6.07, 6.45) is 0.644. The molecule has 124 valence electrons. The highest BCUT2D eigenvalue weighted by Crippen LogP contribution is 2.24. The fourth-order valence-electron chi connectivity index (χ4n) is 2.90. The average molecular weight is 329 g/mol. The van der Waals surface area contributed by atoms with Crippen LogP contribution >= 0.6 is 0 Å². The molecule has 0 bridgehead atoms. The Balaban J connectivity index is 2.82. The van der Waals surface area contributed by atoms with Crippen LogP contribution in [0.2, 0.25) is 19.6 Å². The minimum absolute atomic E-state index is 0.460. The third-order valence-electron chi connectivity index (χ3n) is 4.01. The maximum atomic E-state index is 8.83. The lowest BCUT2D eigenvalue weighted by atomic mass is 9.88. The van der Waals surface area contributed by atoms with Gasteiger partial charge in [0.1, 0.15) is 7.05 Å². The number of hydrogen-bond acceptors (Lipinski definition) is 0. The molecule has 0 atom stereocenters. The summed E-state index contributed by atoms with van der Waals surface area (Å²) in [5.41, 5.74) is 4.00. The number of rotatable bonds is 3.